The van der Waals surface area contributed by atoms with Crippen LogP contribution < -0.4 is 4.74 Å². The molecule has 1 aliphatic rings. The zero-order valence-electron chi connectivity index (χ0n) is 11.4. The average Bonchev–Trinajstić information content (AvgIpc) is 3.10. The molecule has 0 N–H and O–H groups in total. The lowest BCUT2D eigenvalue weighted by Crippen LogP contribution is -2.31. The summed E-state index contributed by atoms with van der Waals surface area (Å²) >= 11 is 0. The summed E-state index contributed by atoms with van der Waals surface area (Å²) in [7, 11) is 1.85. The Bertz CT molecular complexity index is 418. The maximum absolute atomic E-state index is 11.7. The molecule has 1 fully saturated rings. The highest BCUT2D eigenvalue weighted by molar-refractivity contribution is 5.80. The van der Waals surface area contributed by atoms with Crippen molar-refractivity contribution in [3.63, 3.8) is 0 Å². The van der Waals surface area contributed by atoms with E-state index in [2.05, 4.69) is 19.9 Å². The minimum Gasteiger partial charge on any atom is -0.492 e. The van der Waals surface area contributed by atoms with Gasteiger partial charge in [0.25, 0.3) is 0 Å². The molecule has 0 radical (unpaired) electrons. The van der Waals surface area contributed by atoms with Crippen LogP contribution in [0.1, 0.15) is 24.0 Å². The fourth-order valence-electron chi connectivity index (χ4n) is 2.07. The number of hydrogen-bond donors (Lipinski definition) is 0. The molecule has 1 aromatic rings. The third-order valence-corrected chi connectivity index (χ3v) is 3.19. The van der Waals surface area contributed by atoms with Crippen LogP contribution in [0.2, 0.25) is 0 Å². The molecule has 98 valence electrons. The lowest BCUT2D eigenvalue weighted by molar-refractivity contribution is -0.131. The van der Waals surface area contributed by atoms with Crippen molar-refractivity contribution in [3.8, 4) is 5.75 Å². The predicted molar refractivity (Wildman–Crippen MR) is 71.8 cm³/mol. The molecule has 1 aromatic carbocycles. The van der Waals surface area contributed by atoms with Gasteiger partial charge in [0, 0.05) is 13.0 Å². The molecule has 1 amide bonds. The van der Waals surface area contributed by atoms with Crippen LogP contribution >= 0.6 is 0 Å². The molecule has 0 atom stereocenters. The molecule has 3 heteroatoms. The van der Waals surface area contributed by atoms with Crippen LogP contribution in [-0.4, -0.2) is 31.0 Å². The molecule has 2 rings (SSSR count). The lowest BCUT2D eigenvalue weighted by Gasteiger charge is -2.17. The molecule has 0 aromatic heterocycles. The van der Waals surface area contributed by atoms with Crippen molar-refractivity contribution in [1.29, 1.82) is 0 Å². The number of ether oxygens (including phenoxy) is 1. The molecule has 0 saturated heterocycles. The highest BCUT2D eigenvalue weighted by Crippen LogP contribution is 2.30. The standard InChI is InChI=1S/C15H21NO2/c1-11-8-12(2)10-14(9-11)18-7-6-16(3)15(17)13-4-5-13/h8-10,13H,4-7H2,1-3H3. The Morgan fingerprint density at radius 2 is 1.89 bits per heavy atom. The Morgan fingerprint density at radius 1 is 1.28 bits per heavy atom. The Balaban J connectivity index is 1.78. The van der Waals surface area contributed by atoms with E-state index >= 15 is 0 Å². The van der Waals surface area contributed by atoms with Crippen molar-refractivity contribution in [2.45, 2.75) is 26.7 Å². The fourth-order valence-corrected chi connectivity index (χ4v) is 2.07. The lowest BCUT2D eigenvalue weighted by atomic mass is 10.1. The quantitative estimate of drug-likeness (QED) is 0.800. The molecular weight excluding hydrogens is 226 g/mol. The van der Waals surface area contributed by atoms with E-state index in [0.717, 1.165) is 18.6 Å². The van der Waals surface area contributed by atoms with Gasteiger partial charge in [0.05, 0.1) is 6.54 Å². The molecule has 0 unspecified atom stereocenters. The van der Waals surface area contributed by atoms with Crippen LogP contribution in [-0.2, 0) is 4.79 Å². The van der Waals surface area contributed by atoms with Gasteiger partial charge in [0.2, 0.25) is 5.91 Å². The number of carbonyl (C=O) groups is 1. The Kier molecular flexibility index (Phi) is 3.90. The van der Waals surface area contributed by atoms with Crippen LogP contribution in [0, 0.1) is 19.8 Å². The summed E-state index contributed by atoms with van der Waals surface area (Å²) in [6, 6.07) is 6.17. The summed E-state index contributed by atoms with van der Waals surface area (Å²) < 4.78 is 5.69. The highest BCUT2D eigenvalue weighted by Gasteiger charge is 2.31. The van der Waals surface area contributed by atoms with Gasteiger partial charge in [-0.15, -0.1) is 0 Å². The second-order valence-corrected chi connectivity index (χ2v) is 5.21. The maximum atomic E-state index is 11.7. The first-order chi connectivity index (χ1) is 8.56. The first-order valence-corrected chi connectivity index (χ1v) is 6.52. The monoisotopic (exact) mass is 247 g/mol. The highest BCUT2D eigenvalue weighted by atomic mass is 16.5. The van der Waals surface area contributed by atoms with Gasteiger partial charge in [-0.1, -0.05) is 6.07 Å². The molecule has 18 heavy (non-hydrogen) atoms. The number of amides is 1. The van der Waals surface area contributed by atoms with E-state index in [0.29, 0.717) is 13.2 Å². The molecular formula is C15H21NO2. The van der Waals surface area contributed by atoms with E-state index in [-0.39, 0.29) is 11.8 Å². The van der Waals surface area contributed by atoms with Crippen molar-refractivity contribution in [3.05, 3.63) is 29.3 Å². The molecule has 0 spiro atoms. The van der Waals surface area contributed by atoms with E-state index in [1.54, 1.807) is 4.90 Å². The van der Waals surface area contributed by atoms with E-state index in [1.165, 1.54) is 11.1 Å². The van der Waals surface area contributed by atoms with Gasteiger partial charge in [-0.3, -0.25) is 4.79 Å². The minimum atomic E-state index is 0.263. The third kappa shape index (κ3) is 3.49. The van der Waals surface area contributed by atoms with Crippen LogP contribution in [0.5, 0.6) is 5.75 Å². The Hall–Kier alpha value is -1.51. The first kappa shape index (κ1) is 12.9. The summed E-state index contributed by atoms with van der Waals surface area (Å²) in [6.45, 7) is 5.32. The summed E-state index contributed by atoms with van der Waals surface area (Å²) in [4.78, 5) is 13.5. The summed E-state index contributed by atoms with van der Waals surface area (Å²) in [5, 5.41) is 0. The van der Waals surface area contributed by atoms with E-state index in [9.17, 15) is 4.79 Å². The average molecular weight is 247 g/mol. The normalized spacial score (nSPS) is 14.4. The number of aryl methyl sites for hydroxylation is 2. The van der Waals surface area contributed by atoms with Crippen molar-refractivity contribution >= 4 is 5.91 Å². The Morgan fingerprint density at radius 3 is 2.44 bits per heavy atom. The number of rotatable bonds is 5. The van der Waals surface area contributed by atoms with E-state index in [4.69, 9.17) is 4.74 Å². The van der Waals surface area contributed by atoms with Gasteiger partial charge in [0.1, 0.15) is 12.4 Å². The topological polar surface area (TPSA) is 29.5 Å². The van der Waals surface area contributed by atoms with Crippen molar-refractivity contribution in [1.82, 2.24) is 4.90 Å². The number of nitrogens with zero attached hydrogens (tertiary/aromatic N) is 1. The fraction of sp³-hybridized carbons (Fsp3) is 0.533. The SMILES string of the molecule is Cc1cc(C)cc(OCCN(C)C(=O)C2CC2)c1. The molecule has 3 nitrogen and oxygen atoms in total. The van der Waals surface area contributed by atoms with Gasteiger partial charge in [0.15, 0.2) is 0 Å². The van der Waals surface area contributed by atoms with E-state index in [1.807, 2.05) is 19.2 Å². The van der Waals surface area contributed by atoms with Crippen molar-refractivity contribution in [2.24, 2.45) is 5.92 Å². The molecule has 0 heterocycles. The van der Waals surface area contributed by atoms with Gasteiger partial charge in [-0.05, 0) is 49.9 Å². The van der Waals surface area contributed by atoms with Crippen molar-refractivity contribution < 1.29 is 9.53 Å². The summed E-state index contributed by atoms with van der Waals surface area (Å²) in [5.41, 5.74) is 2.40. The van der Waals surface area contributed by atoms with Gasteiger partial charge < -0.3 is 9.64 Å². The minimum absolute atomic E-state index is 0.263. The third-order valence-electron chi connectivity index (χ3n) is 3.19. The van der Waals surface area contributed by atoms with E-state index < -0.39 is 0 Å². The zero-order chi connectivity index (χ0) is 13.1. The van der Waals surface area contributed by atoms with Crippen LogP contribution in [0.3, 0.4) is 0 Å². The summed E-state index contributed by atoms with van der Waals surface area (Å²) in [5.74, 6) is 1.44. The maximum Gasteiger partial charge on any atom is 0.225 e. The number of carbonyl (C=O) groups excluding carboxylic acids is 1. The van der Waals surface area contributed by atoms with Crippen LogP contribution in [0.4, 0.5) is 0 Å². The predicted octanol–water partition coefficient (Wildman–Crippen LogP) is 2.55. The van der Waals surface area contributed by atoms with Gasteiger partial charge in [-0.2, -0.15) is 0 Å². The number of hydrogen-bond acceptors (Lipinski definition) is 2. The second kappa shape index (κ2) is 5.42. The summed E-state index contributed by atoms with van der Waals surface area (Å²) in [6.07, 6.45) is 2.11. The number of likely N-dealkylation sites (N-methyl/N-ethyl adjacent to an activating group) is 1. The molecule has 0 bridgehead atoms. The number of benzene rings is 1. The largest absolute Gasteiger partial charge is 0.492 e. The van der Waals surface area contributed by atoms with Crippen LogP contribution in [0.15, 0.2) is 18.2 Å². The zero-order valence-corrected chi connectivity index (χ0v) is 11.4. The first-order valence-electron chi connectivity index (χ1n) is 6.52. The Labute approximate surface area is 109 Å². The second-order valence-electron chi connectivity index (χ2n) is 5.21. The van der Waals surface area contributed by atoms with Gasteiger partial charge >= 0.3 is 0 Å². The molecule has 1 aliphatic carbocycles. The van der Waals surface area contributed by atoms with Crippen LogP contribution in [0.25, 0.3) is 0 Å². The van der Waals surface area contributed by atoms with Gasteiger partial charge in [-0.25, -0.2) is 0 Å². The molecule has 1 saturated carbocycles. The smallest absolute Gasteiger partial charge is 0.225 e. The molecule has 0 aliphatic heterocycles. The van der Waals surface area contributed by atoms with Crippen molar-refractivity contribution in [2.75, 3.05) is 20.2 Å².